The van der Waals surface area contributed by atoms with Gasteiger partial charge in [-0.3, -0.25) is 43.3 Å². The first-order valence-corrected chi connectivity index (χ1v) is 53.6. The van der Waals surface area contributed by atoms with E-state index in [0.29, 0.717) is 92.9 Å². The summed E-state index contributed by atoms with van der Waals surface area (Å²) in [4.78, 5) is 125. The van der Waals surface area contributed by atoms with Crippen LogP contribution in [-0.2, 0) is 78.0 Å². The van der Waals surface area contributed by atoms with E-state index in [4.69, 9.17) is 48.7 Å². The maximum atomic E-state index is 13.2. The van der Waals surface area contributed by atoms with Gasteiger partial charge in [0, 0.05) is 69.3 Å². The van der Waals surface area contributed by atoms with E-state index in [1.54, 1.807) is 53.1 Å². The fraction of sp³-hybridized carbons (Fsp3) is 0.766. The molecule has 27 heteroatoms. The third-order valence-electron chi connectivity index (χ3n) is 28.8. The lowest BCUT2D eigenvalue weighted by Gasteiger charge is -2.37. The van der Waals surface area contributed by atoms with Crippen LogP contribution in [0.3, 0.4) is 0 Å². The van der Waals surface area contributed by atoms with Crippen LogP contribution < -0.4 is 27.0 Å². The SMILES string of the molecule is C.CC(C)(C)OC(=O)N1CCC(=O)CC1.CC(C)(C)OC(=O)N1CCC(N[C@H](C(=O)OC2CCCC2)C2CCCCC2)CC1.CC(C)COC(C)OCC(=O)/C=C/c1ccc(C=O)cc1.N[C@H](C(=O)OC1CCCC1)C1CCCCC1.O=C(/C=C/c1ccc(CN2CCC(N[C@H](C(=O)OC3CCCC3)C3CCCCC3)CC2)cc1)CO.O=C(OC1CCCC1)[C@@H](NC1CCNCC1)C1CCCCC1. The molecule has 7 N–H and O–H groups in total. The topological polar surface area (TPSA) is 349 Å². The molecule has 138 heavy (non-hydrogen) atoms. The molecule has 1 unspecified atom stereocenters. The van der Waals surface area contributed by atoms with E-state index in [1.807, 2.05) is 53.7 Å². The van der Waals surface area contributed by atoms with Gasteiger partial charge in [-0.2, -0.15) is 0 Å². The molecule has 14 rings (SSSR count). The van der Waals surface area contributed by atoms with Crippen molar-refractivity contribution in [3.05, 3.63) is 82.9 Å². The lowest BCUT2D eigenvalue weighted by molar-refractivity contribution is -0.154. The number of hydrogen-bond donors (Lipinski definition) is 6. The molecule has 778 valence electrons. The second-order valence-corrected chi connectivity index (χ2v) is 43.1. The van der Waals surface area contributed by atoms with Crippen LogP contribution in [0.5, 0.6) is 0 Å². The molecule has 5 atom stereocenters. The van der Waals surface area contributed by atoms with E-state index in [0.717, 1.165) is 179 Å². The van der Waals surface area contributed by atoms with Crippen LogP contribution in [0.25, 0.3) is 12.2 Å². The van der Waals surface area contributed by atoms with Crippen LogP contribution in [0.4, 0.5) is 9.59 Å². The molecule has 0 radical (unpaired) electrons. The molecule has 0 bridgehead atoms. The average molecular weight is 1930 g/mol. The summed E-state index contributed by atoms with van der Waals surface area (Å²) in [6, 6.07) is 15.5. The number of ketones is 3. The first kappa shape index (κ1) is 116. The van der Waals surface area contributed by atoms with Crippen LogP contribution in [0.1, 0.15) is 379 Å². The van der Waals surface area contributed by atoms with Gasteiger partial charge < -0.3 is 79.8 Å². The van der Waals surface area contributed by atoms with Crippen LogP contribution in [0.2, 0.25) is 0 Å². The van der Waals surface area contributed by atoms with Crippen molar-refractivity contribution >= 4 is 71.9 Å². The summed E-state index contributed by atoms with van der Waals surface area (Å²) in [5, 5.41) is 23.3. The number of aliphatic hydroxyl groups is 1. The molecular formula is C111H180N8O19. The molecule has 2 aromatic rings. The maximum Gasteiger partial charge on any atom is 0.410 e. The number of benzene rings is 2. The zero-order valence-electron chi connectivity index (χ0n) is 85.1. The molecule has 2 amide bonds. The minimum absolute atomic E-state index is 0. The molecule has 4 heterocycles. The Labute approximate surface area is 827 Å². The van der Waals surface area contributed by atoms with Gasteiger partial charge in [-0.15, -0.1) is 0 Å². The Morgan fingerprint density at radius 1 is 0.428 bits per heavy atom. The Balaban J connectivity index is 0.000000208. The van der Waals surface area contributed by atoms with Crippen LogP contribution >= 0.6 is 0 Å². The van der Waals surface area contributed by atoms with Crippen molar-refractivity contribution in [2.75, 3.05) is 72.2 Å². The van der Waals surface area contributed by atoms with E-state index in [-0.39, 0.29) is 122 Å². The first-order chi connectivity index (χ1) is 65.9. The lowest BCUT2D eigenvalue weighted by Crippen LogP contribution is -2.53. The highest BCUT2D eigenvalue weighted by molar-refractivity contribution is 5.95. The number of aldehydes is 1. The molecule has 12 fully saturated rings. The standard InChI is InChI=1S/C29H42N2O4.C23H40N2O4.C18H32N2O2.C17H22O4.C13H23NO2.C10H17NO3.CH4/c32-21-26(33)15-14-22-10-12-23(13-11-22)20-31-18-16-25(17-19-31)30-28(24-6-2-1-3-7-24)29(34)35-27-8-4-5-9-27;1-23(2,3)29-22(27)25-15-13-18(14-16-25)24-20(17-9-5-4-6-10-17)21(26)28-19-11-7-8-12-19;21-18(22-16-8-4-5-9-16)17(14-6-2-1-3-7-14)20-15-10-12-19-13-11-15;1-13(2)11-20-14(3)21-12-17(19)9-8-15-4-6-16(10-18)7-5-15;14-12(10-6-2-1-3-7-10)13(15)16-11-8-4-5-9-11;1-10(2,3)14-9(13)11-6-4-8(12)5-7-11;/h10-15,24-25,27-28,30,32H,1-9,16-21H2;17-20,24H,4-16H2,1-3H3;14-17,19-20H,1-13H2;4-10,13-14H,11-12H2,1-3H3;10-12H,1-9,14H2;4-7H2,1-3H3;1H4/b15-14+;;;9-8+;;;/t28-;20-;17-;;12-;;/m000.0../s1. The van der Waals surface area contributed by atoms with Crippen molar-refractivity contribution in [1.82, 2.24) is 36.0 Å². The molecule has 0 aromatic heterocycles. The van der Waals surface area contributed by atoms with E-state index >= 15 is 0 Å². The summed E-state index contributed by atoms with van der Waals surface area (Å²) < 4.78 is 44.6. The van der Waals surface area contributed by atoms with Crippen LogP contribution in [0, 0.1) is 29.6 Å². The Morgan fingerprint density at radius 3 is 1.13 bits per heavy atom. The van der Waals surface area contributed by atoms with Gasteiger partial charge in [-0.05, 0) is 326 Å². The third-order valence-corrected chi connectivity index (χ3v) is 28.8. The number of piperidine rings is 4. The van der Waals surface area contributed by atoms with Gasteiger partial charge in [-0.25, -0.2) is 9.59 Å². The zero-order chi connectivity index (χ0) is 98.3. The molecule has 27 nitrogen and oxygen atoms in total. The Morgan fingerprint density at radius 2 is 0.761 bits per heavy atom. The molecule has 2 aromatic carbocycles. The Hall–Kier alpha value is -7.34. The zero-order valence-corrected chi connectivity index (χ0v) is 85.1. The maximum absolute atomic E-state index is 13.2. The number of carbonyl (C=O) groups excluding carboxylic acids is 10. The summed E-state index contributed by atoms with van der Waals surface area (Å²) in [7, 11) is 0. The van der Waals surface area contributed by atoms with Gasteiger partial charge in [0.05, 0.1) is 6.61 Å². The Bertz CT molecular complexity index is 3900. The number of Topliss-reactive ketones (excluding diaryl/α,β-unsaturated/α-hetero) is 1. The fourth-order valence-electron chi connectivity index (χ4n) is 20.8. The first-order valence-electron chi connectivity index (χ1n) is 53.6. The number of amides is 2. The number of ether oxygens (including phenoxy) is 8. The predicted molar refractivity (Wildman–Crippen MR) is 542 cm³/mol. The smallest absolute Gasteiger partial charge is 0.410 e. The van der Waals surface area contributed by atoms with Crippen molar-refractivity contribution in [3.63, 3.8) is 0 Å². The minimum atomic E-state index is -0.470. The van der Waals surface area contributed by atoms with E-state index < -0.39 is 24.1 Å². The normalized spacial score (nSPS) is 21.6. The average Bonchev–Trinajstić information content (AvgIpc) is 1.02. The van der Waals surface area contributed by atoms with Gasteiger partial charge in [0.25, 0.3) is 0 Å². The van der Waals surface area contributed by atoms with E-state index in [2.05, 4.69) is 52.1 Å². The number of aliphatic hydroxyl groups excluding tert-OH is 1. The molecule has 0 spiro atoms. The van der Waals surface area contributed by atoms with Crippen molar-refractivity contribution < 1.29 is 90.9 Å². The number of rotatable bonds is 32. The number of esters is 4. The lowest BCUT2D eigenvalue weighted by atomic mass is 9.83. The number of likely N-dealkylation sites (tertiary alicyclic amines) is 3. The number of hydrogen-bond acceptors (Lipinski definition) is 25. The number of nitrogens with zero attached hydrogens (tertiary/aromatic N) is 3. The van der Waals surface area contributed by atoms with Crippen molar-refractivity contribution in [1.29, 1.82) is 0 Å². The molecule has 8 aliphatic carbocycles. The van der Waals surface area contributed by atoms with Crippen LogP contribution in [-0.4, -0.2) is 236 Å². The van der Waals surface area contributed by atoms with Crippen molar-refractivity contribution in [3.8, 4) is 0 Å². The largest absolute Gasteiger partial charge is 0.461 e. The van der Waals surface area contributed by atoms with Gasteiger partial charge in [0.15, 0.2) is 17.9 Å². The number of nitrogens with one attached hydrogen (secondary N) is 4. The molecule has 4 aliphatic heterocycles. The van der Waals surface area contributed by atoms with Crippen molar-refractivity contribution in [2.45, 2.75) is 443 Å². The summed E-state index contributed by atoms with van der Waals surface area (Å²) in [5.41, 5.74) is 8.74. The summed E-state index contributed by atoms with van der Waals surface area (Å²) in [5.74, 6) is 1.72. The van der Waals surface area contributed by atoms with E-state index in [1.165, 1.54) is 159 Å². The molecule has 4 saturated heterocycles. The van der Waals surface area contributed by atoms with E-state index in [9.17, 15) is 47.9 Å². The highest BCUT2D eigenvalue weighted by Gasteiger charge is 2.41. The summed E-state index contributed by atoms with van der Waals surface area (Å²) in [6.07, 6.45) is 55.5. The van der Waals surface area contributed by atoms with Gasteiger partial charge >= 0.3 is 36.1 Å². The summed E-state index contributed by atoms with van der Waals surface area (Å²) >= 11 is 0. The predicted octanol–water partition coefficient (Wildman–Crippen LogP) is 19.1. The minimum Gasteiger partial charge on any atom is -0.461 e. The fourth-order valence-corrected chi connectivity index (χ4v) is 20.8. The van der Waals surface area contributed by atoms with Crippen molar-refractivity contribution in [2.24, 2.45) is 35.3 Å². The Kier molecular flexibility index (Phi) is 52.9. The molecular weight excluding hydrogens is 1750 g/mol. The van der Waals surface area contributed by atoms with Crippen LogP contribution in [0.15, 0.2) is 60.7 Å². The third kappa shape index (κ3) is 44.7. The number of nitrogens with two attached hydrogens (primary N) is 1. The second kappa shape index (κ2) is 62.9. The highest BCUT2D eigenvalue weighted by atomic mass is 16.7. The molecule has 8 saturated carbocycles. The van der Waals surface area contributed by atoms with Gasteiger partial charge in [0.2, 0.25) is 0 Å². The monoisotopic (exact) mass is 1930 g/mol. The number of carbonyl (C=O) groups is 10. The highest BCUT2D eigenvalue weighted by Crippen LogP contribution is 2.36. The summed E-state index contributed by atoms with van der Waals surface area (Å²) in [6.45, 7) is 24.6. The molecule has 12 aliphatic rings. The quantitative estimate of drug-likeness (QED) is 0.0130. The van der Waals surface area contributed by atoms with Gasteiger partial charge in [-0.1, -0.05) is 159 Å². The second-order valence-electron chi connectivity index (χ2n) is 43.1. The van der Waals surface area contributed by atoms with Gasteiger partial charge in [0.1, 0.15) is 85.1 Å².